The molecular formula is C13H9N3O2. The Morgan fingerprint density at radius 3 is 2.67 bits per heavy atom. The van der Waals surface area contributed by atoms with Crippen LogP contribution in [0.1, 0.15) is 15.9 Å². The molecule has 88 valence electrons. The zero-order valence-electron chi connectivity index (χ0n) is 9.31. The summed E-state index contributed by atoms with van der Waals surface area (Å²) < 4.78 is 0. The van der Waals surface area contributed by atoms with Crippen molar-refractivity contribution in [3.63, 3.8) is 0 Å². The maximum atomic E-state index is 12.2. The molecule has 0 atom stereocenters. The first-order valence-electron chi connectivity index (χ1n) is 5.41. The molecule has 0 saturated heterocycles. The molecule has 0 spiro atoms. The molecule has 5 nitrogen and oxygen atoms in total. The SMILES string of the molecule is O=C(c1cccnc1)c1ccc2[nH]c(=O)[nH]c2c1. The molecular weight excluding hydrogens is 230 g/mol. The number of carbonyl (C=O) groups excluding carboxylic acids is 1. The molecule has 2 N–H and O–H groups in total. The van der Waals surface area contributed by atoms with Crippen molar-refractivity contribution in [3.05, 3.63) is 64.3 Å². The van der Waals surface area contributed by atoms with Crippen LogP contribution in [0.4, 0.5) is 0 Å². The third-order valence-electron chi connectivity index (χ3n) is 2.70. The van der Waals surface area contributed by atoms with Crippen molar-refractivity contribution in [3.8, 4) is 0 Å². The molecule has 0 amide bonds. The predicted molar refractivity (Wildman–Crippen MR) is 66.6 cm³/mol. The second-order valence-electron chi connectivity index (χ2n) is 3.91. The lowest BCUT2D eigenvalue weighted by atomic mass is 10.0. The highest BCUT2D eigenvalue weighted by atomic mass is 16.1. The molecule has 1 aromatic carbocycles. The van der Waals surface area contributed by atoms with E-state index >= 15 is 0 Å². The van der Waals surface area contributed by atoms with E-state index in [1.54, 1.807) is 36.5 Å². The Morgan fingerprint density at radius 1 is 1.06 bits per heavy atom. The summed E-state index contributed by atoms with van der Waals surface area (Å²) in [6, 6.07) is 8.46. The van der Waals surface area contributed by atoms with Crippen LogP contribution in [0.15, 0.2) is 47.5 Å². The molecule has 0 radical (unpaired) electrons. The Kier molecular flexibility index (Phi) is 2.30. The van der Waals surface area contributed by atoms with Gasteiger partial charge in [0.2, 0.25) is 0 Å². The Labute approximate surface area is 102 Å². The number of nitrogens with one attached hydrogen (secondary N) is 2. The van der Waals surface area contributed by atoms with Gasteiger partial charge in [0.05, 0.1) is 11.0 Å². The summed E-state index contributed by atoms with van der Waals surface area (Å²) in [5.41, 5.74) is 2.06. The van der Waals surface area contributed by atoms with Crippen LogP contribution in [0, 0.1) is 0 Å². The Balaban J connectivity index is 2.09. The van der Waals surface area contributed by atoms with Crippen molar-refractivity contribution in [1.82, 2.24) is 15.0 Å². The van der Waals surface area contributed by atoms with Gasteiger partial charge in [0.25, 0.3) is 0 Å². The molecule has 2 aromatic heterocycles. The highest BCUT2D eigenvalue weighted by Crippen LogP contribution is 2.13. The van der Waals surface area contributed by atoms with E-state index in [0.717, 1.165) is 0 Å². The molecule has 0 bridgehead atoms. The van der Waals surface area contributed by atoms with Crippen molar-refractivity contribution in [2.75, 3.05) is 0 Å². The molecule has 0 aliphatic carbocycles. The fourth-order valence-electron chi connectivity index (χ4n) is 1.84. The first-order valence-corrected chi connectivity index (χ1v) is 5.41. The van der Waals surface area contributed by atoms with Crippen LogP contribution in [0.3, 0.4) is 0 Å². The van der Waals surface area contributed by atoms with Gasteiger partial charge in [-0.1, -0.05) is 0 Å². The number of rotatable bonds is 2. The monoisotopic (exact) mass is 239 g/mol. The third kappa shape index (κ3) is 1.71. The number of aromatic nitrogens is 3. The summed E-state index contributed by atoms with van der Waals surface area (Å²) in [5, 5.41) is 0. The van der Waals surface area contributed by atoms with Crippen LogP contribution in [0.25, 0.3) is 11.0 Å². The van der Waals surface area contributed by atoms with Gasteiger partial charge in [-0.25, -0.2) is 4.79 Å². The zero-order chi connectivity index (χ0) is 12.5. The molecule has 18 heavy (non-hydrogen) atoms. The quantitative estimate of drug-likeness (QED) is 0.665. The number of hydrogen-bond donors (Lipinski definition) is 2. The summed E-state index contributed by atoms with van der Waals surface area (Å²) in [4.78, 5) is 32.5. The van der Waals surface area contributed by atoms with Crippen LogP contribution in [0.5, 0.6) is 0 Å². The number of ketones is 1. The number of imidazole rings is 1. The van der Waals surface area contributed by atoms with E-state index < -0.39 is 0 Å². The minimum Gasteiger partial charge on any atom is -0.306 e. The van der Waals surface area contributed by atoms with Crippen molar-refractivity contribution >= 4 is 16.8 Å². The van der Waals surface area contributed by atoms with Crippen molar-refractivity contribution in [1.29, 1.82) is 0 Å². The van der Waals surface area contributed by atoms with Crippen molar-refractivity contribution in [2.45, 2.75) is 0 Å². The Hall–Kier alpha value is -2.69. The fourth-order valence-corrected chi connectivity index (χ4v) is 1.84. The van der Waals surface area contributed by atoms with Gasteiger partial charge in [0, 0.05) is 23.5 Å². The number of nitrogens with zero attached hydrogens (tertiary/aromatic N) is 1. The van der Waals surface area contributed by atoms with Crippen molar-refractivity contribution < 1.29 is 4.79 Å². The van der Waals surface area contributed by atoms with Crippen LogP contribution < -0.4 is 5.69 Å². The van der Waals surface area contributed by atoms with Crippen LogP contribution in [-0.4, -0.2) is 20.7 Å². The second kappa shape index (κ2) is 3.96. The average molecular weight is 239 g/mol. The number of pyridine rings is 1. The average Bonchev–Trinajstić information content (AvgIpc) is 2.78. The summed E-state index contributed by atoms with van der Waals surface area (Å²) in [7, 11) is 0. The smallest absolute Gasteiger partial charge is 0.306 e. The lowest BCUT2D eigenvalue weighted by Crippen LogP contribution is -2.01. The first kappa shape index (κ1) is 10.5. The molecule has 0 aliphatic rings. The van der Waals surface area contributed by atoms with E-state index in [-0.39, 0.29) is 11.5 Å². The predicted octanol–water partition coefficient (Wildman–Crippen LogP) is 1.48. The van der Waals surface area contributed by atoms with E-state index in [4.69, 9.17) is 0 Å². The lowest BCUT2D eigenvalue weighted by molar-refractivity contribution is 0.103. The maximum absolute atomic E-state index is 12.2. The first-order chi connectivity index (χ1) is 8.74. The zero-order valence-corrected chi connectivity index (χ0v) is 9.31. The van der Waals surface area contributed by atoms with Crippen LogP contribution in [0.2, 0.25) is 0 Å². The van der Waals surface area contributed by atoms with E-state index in [0.29, 0.717) is 22.2 Å². The number of carbonyl (C=O) groups is 1. The molecule has 0 saturated carbocycles. The van der Waals surface area contributed by atoms with Crippen LogP contribution in [-0.2, 0) is 0 Å². The van der Waals surface area contributed by atoms with Crippen molar-refractivity contribution in [2.24, 2.45) is 0 Å². The fraction of sp³-hybridized carbons (Fsp3) is 0. The molecule has 2 heterocycles. The van der Waals surface area contributed by atoms with E-state index in [1.165, 1.54) is 6.20 Å². The molecule has 5 heteroatoms. The lowest BCUT2D eigenvalue weighted by Gasteiger charge is -2.00. The molecule has 0 fully saturated rings. The van der Waals surface area contributed by atoms with Gasteiger partial charge in [-0.05, 0) is 30.3 Å². The van der Waals surface area contributed by atoms with E-state index in [1.807, 2.05) is 0 Å². The maximum Gasteiger partial charge on any atom is 0.323 e. The highest BCUT2D eigenvalue weighted by Gasteiger charge is 2.10. The third-order valence-corrected chi connectivity index (χ3v) is 2.70. The summed E-state index contributed by atoms with van der Waals surface area (Å²) >= 11 is 0. The Morgan fingerprint density at radius 2 is 1.89 bits per heavy atom. The summed E-state index contributed by atoms with van der Waals surface area (Å²) in [5.74, 6) is -0.118. The number of H-pyrrole nitrogens is 2. The molecule has 0 unspecified atom stereocenters. The minimum atomic E-state index is -0.282. The molecule has 3 aromatic rings. The van der Waals surface area contributed by atoms with Gasteiger partial charge in [-0.3, -0.25) is 9.78 Å². The summed E-state index contributed by atoms with van der Waals surface area (Å²) in [6.07, 6.45) is 3.13. The Bertz CT molecular complexity index is 772. The number of aromatic amines is 2. The van der Waals surface area contributed by atoms with Gasteiger partial charge < -0.3 is 9.97 Å². The van der Waals surface area contributed by atoms with Gasteiger partial charge in [-0.15, -0.1) is 0 Å². The standard InChI is InChI=1S/C13H9N3O2/c17-12(9-2-1-5-14-7-9)8-3-4-10-11(6-8)16-13(18)15-10/h1-7H,(H2,15,16,18). The number of fused-ring (bicyclic) bond motifs is 1. The van der Waals surface area contributed by atoms with Gasteiger partial charge in [0.1, 0.15) is 0 Å². The number of hydrogen-bond acceptors (Lipinski definition) is 3. The minimum absolute atomic E-state index is 0.118. The van der Waals surface area contributed by atoms with Gasteiger partial charge >= 0.3 is 5.69 Å². The van der Waals surface area contributed by atoms with E-state index in [2.05, 4.69) is 15.0 Å². The topological polar surface area (TPSA) is 78.6 Å². The summed E-state index contributed by atoms with van der Waals surface area (Å²) in [6.45, 7) is 0. The second-order valence-corrected chi connectivity index (χ2v) is 3.91. The largest absolute Gasteiger partial charge is 0.323 e. The van der Waals surface area contributed by atoms with Gasteiger partial charge in [-0.2, -0.15) is 0 Å². The normalized spacial score (nSPS) is 10.7. The number of benzene rings is 1. The van der Waals surface area contributed by atoms with Gasteiger partial charge in [0.15, 0.2) is 5.78 Å². The highest BCUT2D eigenvalue weighted by molar-refractivity contribution is 6.10. The molecule has 3 rings (SSSR count). The van der Waals surface area contributed by atoms with Crippen LogP contribution >= 0.6 is 0 Å². The molecule has 0 aliphatic heterocycles. The van der Waals surface area contributed by atoms with E-state index in [9.17, 15) is 9.59 Å².